The second-order valence-corrected chi connectivity index (χ2v) is 9.78. The molecule has 0 radical (unpaired) electrons. The van der Waals surface area contributed by atoms with Crippen molar-refractivity contribution in [3.8, 4) is 27.1 Å². The van der Waals surface area contributed by atoms with Crippen molar-refractivity contribution in [2.24, 2.45) is 0 Å². The Hall–Kier alpha value is -4.09. The summed E-state index contributed by atoms with van der Waals surface area (Å²) in [6, 6.07) is 19.5. The number of nitrogens with one attached hydrogen (secondary N) is 1. The topological polar surface area (TPSA) is 61.6 Å². The van der Waals surface area contributed by atoms with Gasteiger partial charge < -0.3 is 9.55 Å². The fourth-order valence-electron chi connectivity index (χ4n) is 4.36. The first kappa shape index (κ1) is 23.6. The van der Waals surface area contributed by atoms with E-state index >= 15 is 0 Å². The summed E-state index contributed by atoms with van der Waals surface area (Å²) in [7, 11) is 0. The van der Waals surface area contributed by atoms with Crippen LogP contribution in [0.25, 0.3) is 31.9 Å². The van der Waals surface area contributed by atoms with Gasteiger partial charge in [-0.1, -0.05) is 35.9 Å². The molecule has 0 bridgehead atoms. The van der Waals surface area contributed by atoms with Crippen molar-refractivity contribution >= 4 is 22.2 Å². The number of pyridine rings is 1. The molecular weight excluding hydrogens is 483 g/mol. The number of rotatable bonds is 4. The number of nitrogens with zero attached hydrogens (tertiary/aromatic N) is 2. The highest BCUT2D eigenvalue weighted by molar-refractivity contribution is 7.18. The highest BCUT2D eigenvalue weighted by Crippen LogP contribution is 2.38. The van der Waals surface area contributed by atoms with E-state index in [0.29, 0.717) is 4.88 Å². The Balaban J connectivity index is 1.69. The van der Waals surface area contributed by atoms with Crippen LogP contribution in [0.1, 0.15) is 27.8 Å². The quantitative estimate of drug-likeness (QED) is 0.280. The zero-order chi connectivity index (χ0) is 25.6. The highest BCUT2D eigenvalue weighted by atomic mass is 32.1. The third-order valence-electron chi connectivity index (χ3n) is 6.24. The molecule has 8 heteroatoms. The Morgan fingerprint density at radius 2 is 1.78 bits per heavy atom. The largest absolute Gasteiger partial charge is 0.417 e. The molecule has 3 heterocycles. The van der Waals surface area contributed by atoms with Crippen molar-refractivity contribution in [2.75, 3.05) is 0 Å². The molecule has 0 aliphatic carbocycles. The molecule has 5 aromatic rings. The molecular formula is C28H20F3N3OS. The second kappa shape index (κ2) is 8.85. The third-order valence-corrected chi connectivity index (χ3v) is 7.40. The first-order valence-electron chi connectivity index (χ1n) is 11.1. The van der Waals surface area contributed by atoms with Gasteiger partial charge in [0.05, 0.1) is 22.7 Å². The van der Waals surface area contributed by atoms with E-state index in [0.717, 1.165) is 44.1 Å². The fourth-order valence-corrected chi connectivity index (χ4v) is 5.39. The van der Waals surface area contributed by atoms with Gasteiger partial charge in [-0.2, -0.15) is 18.4 Å². The van der Waals surface area contributed by atoms with Gasteiger partial charge in [-0.15, -0.1) is 11.3 Å². The molecule has 0 amide bonds. The van der Waals surface area contributed by atoms with E-state index in [4.69, 9.17) is 0 Å². The SMILES string of the molecule is Cc1ccc(Cn2c(-c3ccc(-c4ccc5cc[nH]c5c4)s3)cc(C(F)(F)F)c(C#N)c2=O)c(C)c1. The Morgan fingerprint density at radius 1 is 1.00 bits per heavy atom. The highest BCUT2D eigenvalue weighted by Gasteiger charge is 2.36. The Kier molecular flexibility index (Phi) is 5.81. The van der Waals surface area contributed by atoms with Gasteiger partial charge in [0.1, 0.15) is 11.6 Å². The van der Waals surface area contributed by atoms with E-state index in [1.165, 1.54) is 22.0 Å². The number of benzene rings is 2. The smallest absolute Gasteiger partial charge is 0.361 e. The minimum absolute atomic E-state index is 0.0504. The van der Waals surface area contributed by atoms with E-state index < -0.39 is 22.9 Å². The molecule has 2 aromatic carbocycles. The van der Waals surface area contributed by atoms with Gasteiger partial charge in [0.15, 0.2) is 0 Å². The zero-order valence-corrected chi connectivity index (χ0v) is 20.2. The number of thiophene rings is 1. The van der Waals surface area contributed by atoms with Crippen LogP contribution in [0, 0.1) is 25.2 Å². The van der Waals surface area contributed by atoms with Gasteiger partial charge in [-0.25, -0.2) is 0 Å². The van der Waals surface area contributed by atoms with Crippen molar-refractivity contribution < 1.29 is 13.2 Å². The first-order chi connectivity index (χ1) is 17.2. The standard InChI is InChI=1S/C28H20F3N3OS/c1-16-3-4-20(17(2)11-16)15-34-24(13-22(28(29,30)31)21(14-32)27(34)35)26-8-7-25(36-26)19-6-5-18-9-10-33-23(18)12-19/h3-13,33H,15H2,1-2H3. The van der Waals surface area contributed by atoms with E-state index in [-0.39, 0.29) is 12.2 Å². The van der Waals surface area contributed by atoms with E-state index in [2.05, 4.69) is 4.98 Å². The summed E-state index contributed by atoms with van der Waals surface area (Å²) in [6.07, 6.45) is -2.99. The predicted molar refractivity (Wildman–Crippen MR) is 136 cm³/mol. The van der Waals surface area contributed by atoms with Crippen LogP contribution in [-0.4, -0.2) is 9.55 Å². The van der Waals surface area contributed by atoms with Crippen molar-refractivity contribution in [3.05, 3.63) is 105 Å². The summed E-state index contributed by atoms with van der Waals surface area (Å²) < 4.78 is 42.9. The lowest BCUT2D eigenvalue weighted by atomic mass is 10.0. The van der Waals surface area contributed by atoms with Crippen LogP contribution in [0.3, 0.4) is 0 Å². The van der Waals surface area contributed by atoms with Gasteiger partial charge in [0.2, 0.25) is 0 Å². The number of nitriles is 1. The summed E-state index contributed by atoms with van der Waals surface area (Å²) in [5.41, 5.74) is 1.67. The van der Waals surface area contributed by atoms with Crippen LogP contribution >= 0.6 is 11.3 Å². The van der Waals surface area contributed by atoms with Gasteiger partial charge in [-0.05, 0) is 66.3 Å². The Labute approximate surface area is 208 Å². The number of aryl methyl sites for hydroxylation is 2. The third kappa shape index (κ3) is 4.23. The number of H-pyrrole nitrogens is 1. The number of hydrogen-bond acceptors (Lipinski definition) is 3. The molecule has 3 aromatic heterocycles. The number of hydrogen-bond donors (Lipinski definition) is 1. The molecule has 0 atom stereocenters. The van der Waals surface area contributed by atoms with Crippen molar-refractivity contribution in [3.63, 3.8) is 0 Å². The van der Waals surface area contributed by atoms with Crippen LogP contribution in [0.5, 0.6) is 0 Å². The zero-order valence-electron chi connectivity index (χ0n) is 19.4. The second-order valence-electron chi connectivity index (χ2n) is 8.69. The summed E-state index contributed by atoms with van der Waals surface area (Å²) in [5.74, 6) is 0. The molecule has 0 unspecified atom stereocenters. The molecule has 4 nitrogen and oxygen atoms in total. The molecule has 0 fully saturated rings. The lowest BCUT2D eigenvalue weighted by Crippen LogP contribution is -2.28. The summed E-state index contributed by atoms with van der Waals surface area (Å²) >= 11 is 1.30. The maximum atomic E-state index is 13.9. The molecule has 180 valence electrons. The van der Waals surface area contributed by atoms with E-state index in [1.54, 1.807) is 6.07 Å². The van der Waals surface area contributed by atoms with E-state index in [9.17, 15) is 23.2 Å². The number of fused-ring (bicyclic) bond motifs is 1. The number of alkyl halides is 3. The maximum absolute atomic E-state index is 13.9. The van der Waals surface area contributed by atoms with Crippen LogP contribution in [0.15, 0.2) is 71.7 Å². The molecule has 0 aliphatic rings. The fraction of sp³-hybridized carbons (Fsp3) is 0.143. The van der Waals surface area contributed by atoms with Crippen LogP contribution in [0.4, 0.5) is 13.2 Å². The van der Waals surface area contributed by atoms with Crippen molar-refractivity contribution in [2.45, 2.75) is 26.6 Å². The molecule has 36 heavy (non-hydrogen) atoms. The number of aromatic amines is 1. The molecule has 0 spiro atoms. The Morgan fingerprint density at radius 3 is 2.50 bits per heavy atom. The molecule has 0 saturated heterocycles. The van der Waals surface area contributed by atoms with Crippen LogP contribution in [-0.2, 0) is 12.7 Å². The van der Waals surface area contributed by atoms with Gasteiger partial charge in [0.25, 0.3) is 5.56 Å². The summed E-state index contributed by atoms with van der Waals surface area (Å²) in [6.45, 7) is 3.88. The van der Waals surface area contributed by atoms with E-state index in [1.807, 2.05) is 68.6 Å². The van der Waals surface area contributed by atoms with Crippen molar-refractivity contribution in [1.82, 2.24) is 9.55 Å². The lowest BCUT2D eigenvalue weighted by Gasteiger charge is -2.18. The number of halogens is 3. The Bertz CT molecular complexity index is 1720. The van der Waals surface area contributed by atoms with Gasteiger partial charge in [0, 0.05) is 16.6 Å². The molecule has 0 saturated carbocycles. The average molecular weight is 504 g/mol. The van der Waals surface area contributed by atoms with Gasteiger partial charge in [-0.3, -0.25) is 4.79 Å². The summed E-state index contributed by atoms with van der Waals surface area (Å²) in [4.78, 5) is 17.8. The predicted octanol–water partition coefficient (Wildman–Crippen LogP) is 7.28. The van der Waals surface area contributed by atoms with Crippen LogP contribution < -0.4 is 5.56 Å². The normalized spacial score (nSPS) is 11.7. The maximum Gasteiger partial charge on any atom is 0.417 e. The van der Waals surface area contributed by atoms with Gasteiger partial charge >= 0.3 is 6.18 Å². The molecule has 5 rings (SSSR count). The van der Waals surface area contributed by atoms with Crippen molar-refractivity contribution in [1.29, 1.82) is 5.26 Å². The summed E-state index contributed by atoms with van der Waals surface area (Å²) in [5, 5.41) is 10.5. The minimum Gasteiger partial charge on any atom is -0.361 e. The minimum atomic E-state index is -4.84. The first-order valence-corrected chi connectivity index (χ1v) is 12.0. The number of aromatic nitrogens is 2. The lowest BCUT2D eigenvalue weighted by molar-refractivity contribution is -0.137. The average Bonchev–Trinajstić information content (AvgIpc) is 3.50. The molecule has 1 N–H and O–H groups in total. The monoisotopic (exact) mass is 503 g/mol. The molecule has 0 aliphatic heterocycles. The van der Waals surface area contributed by atoms with Crippen LogP contribution in [0.2, 0.25) is 0 Å².